The molecule has 2 fully saturated rings. The van der Waals surface area contributed by atoms with E-state index in [2.05, 4.69) is 20.8 Å². The normalized spacial score (nSPS) is 28.9. The molecule has 0 nitrogen and oxygen atoms in total. The molecule has 2 aliphatic carbocycles. The topological polar surface area (TPSA) is 0 Å². The standard InChI is InChI=1S/C14H24/c1-14(2,3)13-9-7-12(8-10-13)11-5-4-6-11/h13H,4-10H2,1-3H3. The van der Waals surface area contributed by atoms with Crippen molar-refractivity contribution in [2.75, 3.05) is 0 Å². The van der Waals surface area contributed by atoms with Crippen molar-refractivity contribution in [3.8, 4) is 0 Å². The summed E-state index contributed by atoms with van der Waals surface area (Å²) in [5, 5.41) is 0. The minimum absolute atomic E-state index is 0.538. The maximum Gasteiger partial charge on any atom is -0.0315 e. The van der Waals surface area contributed by atoms with E-state index in [1.165, 1.54) is 44.9 Å². The molecule has 80 valence electrons. The molecule has 14 heavy (non-hydrogen) atoms. The van der Waals surface area contributed by atoms with Crippen LogP contribution < -0.4 is 0 Å². The Balaban J connectivity index is 1.92. The summed E-state index contributed by atoms with van der Waals surface area (Å²) in [7, 11) is 0. The fourth-order valence-electron chi connectivity index (χ4n) is 2.89. The maximum absolute atomic E-state index is 2.40. The lowest BCUT2D eigenvalue weighted by Gasteiger charge is -2.36. The number of allylic oxidation sites excluding steroid dienone is 2. The van der Waals surface area contributed by atoms with E-state index in [0.717, 1.165) is 5.92 Å². The number of hydrogen-bond donors (Lipinski definition) is 0. The van der Waals surface area contributed by atoms with Gasteiger partial charge in [0.2, 0.25) is 0 Å². The van der Waals surface area contributed by atoms with Gasteiger partial charge in [0.25, 0.3) is 0 Å². The van der Waals surface area contributed by atoms with E-state index in [0.29, 0.717) is 5.41 Å². The zero-order chi connectivity index (χ0) is 10.2. The summed E-state index contributed by atoms with van der Waals surface area (Å²) in [5.74, 6) is 0.965. The average Bonchev–Trinajstić information content (AvgIpc) is 2.00. The third-order valence-electron chi connectivity index (χ3n) is 4.27. The Morgan fingerprint density at radius 3 is 1.71 bits per heavy atom. The molecule has 0 spiro atoms. The minimum atomic E-state index is 0.538. The van der Waals surface area contributed by atoms with Gasteiger partial charge in [-0.2, -0.15) is 0 Å². The zero-order valence-corrected chi connectivity index (χ0v) is 10.0. The van der Waals surface area contributed by atoms with Crippen LogP contribution >= 0.6 is 0 Å². The largest absolute Gasteiger partial charge is 0.0710 e. The maximum atomic E-state index is 2.40. The highest BCUT2D eigenvalue weighted by Crippen LogP contribution is 2.43. The molecule has 0 atom stereocenters. The van der Waals surface area contributed by atoms with E-state index >= 15 is 0 Å². The Kier molecular flexibility index (Phi) is 2.72. The lowest BCUT2D eigenvalue weighted by atomic mass is 9.69. The van der Waals surface area contributed by atoms with Crippen molar-refractivity contribution in [1.82, 2.24) is 0 Å². The third-order valence-corrected chi connectivity index (χ3v) is 4.27. The van der Waals surface area contributed by atoms with Crippen LogP contribution in [-0.2, 0) is 0 Å². The van der Waals surface area contributed by atoms with Crippen molar-refractivity contribution in [2.45, 2.75) is 65.7 Å². The van der Waals surface area contributed by atoms with Crippen LogP contribution in [0.5, 0.6) is 0 Å². The van der Waals surface area contributed by atoms with Gasteiger partial charge in [0.05, 0.1) is 0 Å². The van der Waals surface area contributed by atoms with Crippen LogP contribution in [0.3, 0.4) is 0 Å². The molecular formula is C14H24. The molecule has 0 heteroatoms. The van der Waals surface area contributed by atoms with Gasteiger partial charge >= 0.3 is 0 Å². The quantitative estimate of drug-likeness (QED) is 0.488. The predicted octanol–water partition coefficient (Wildman–Crippen LogP) is 4.70. The Hall–Kier alpha value is -0.260. The lowest BCUT2D eigenvalue weighted by Crippen LogP contribution is -2.24. The predicted molar refractivity (Wildman–Crippen MR) is 62.3 cm³/mol. The van der Waals surface area contributed by atoms with Crippen LogP contribution in [0.25, 0.3) is 0 Å². The first-order valence-corrected chi connectivity index (χ1v) is 6.27. The lowest BCUT2D eigenvalue weighted by molar-refractivity contribution is 0.196. The monoisotopic (exact) mass is 192 g/mol. The van der Waals surface area contributed by atoms with E-state index in [1.807, 2.05) is 11.1 Å². The Morgan fingerprint density at radius 2 is 1.36 bits per heavy atom. The highest BCUT2D eigenvalue weighted by Gasteiger charge is 2.28. The van der Waals surface area contributed by atoms with Crippen LogP contribution in [-0.4, -0.2) is 0 Å². The van der Waals surface area contributed by atoms with Crippen LogP contribution in [0.2, 0.25) is 0 Å². The molecular weight excluding hydrogens is 168 g/mol. The molecule has 0 bridgehead atoms. The van der Waals surface area contributed by atoms with Crippen molar-refractivity contribution >= 4 is 0 Å². The van der Waals surface area contributed by atoms with E-state index in [4.69, 9.17) is 0 Å². The van der Waals surface area contributed by atoms with Crippen LogP contribution in [0, 0.1) is 11.3 Å². The Morgan fingerprint density at radius 1 is 0.857 bits per heavy atom. The Labute approximate surface area is 88.8 Å². The van der Waals surface area contributed by atoms with Crippen LogP contribution in [0.15, 0.2) is 11.1 Å². The first kappa shape index (κ1) is 10.3. The highest BCUT2D eigenvalue weighted by atomic mass is 14.3. The van der Waals surface area contributed by atoms with Gasteiger partial charge in [0.1, 0.15) is 0 Å². The minimum Gasteiger partial charge on any atom is -0.0710 e. The SMILES string of the molecule is CC(C)(C)C1CCC(=C2CCC2)CC1. The summed E-state index contributed by atoms with van der Waals surface area (Å²) in [5.41, 5.74) is 4.21. The van der Waals surface area contributed by atoms with Crippen LogP contribution in [0.1, 0.15) is 65.7 Å². The summed E-state index contributed by atoms with van der Waals surface area (Å²) in [4.78, 5) is 0. The summed E-state index contributed by atoms with van der Waals surface area (Å²) >= 11 is 0. The molecule has 2 aliphatic rings. The molecule has 0 saturated heterocycles. The van der Waals surface area contributed by atoms with Gasteiger partial charge in [-0.25, -0.2) is 0 Å². The van der Waals surface area contributed by atoms with E-state index in [1.54, 1.807) is 0 Å². The second-order valence-corrected chi connectivity index (χ2v) is 6.20. The molecule has 0 heterocycles. The molecule has 0 aliphatic heterocycles. The fourth-order valence-corrected chi connectivity index (χ4v) is 2.89. The number of hydrogen-bond acceptors (Lipinski definition) is 0. The third kappa shape index (κ3) is 2.04. The van der Waals surface area contributed by atoms with Gasteiger partial charge in [-0.3, -0.25) is 0 Å². The number of rotatable bonds is 0. The molecule has 0 aromatic carbocycles. The van der Waals surface area contributed by atoms with Gasteiger partial charge in [-0.05, 0) is 56.3 Å². The van der Waals surface area contributed by atoms with Gasteiger partial charge in [0, 0.05) is 0 Å². The van der Waals surface area contributed by atoms with Crippen LogP contribution in [0.4, 0.5) is 0 Å². The van der Waals surface area contributed by atoms with Crippen molar-refractivity contribution in [1.29, 1.82) is 0 Å². The van der Waals surface area contributed by atoms with E-state index in [9.17, 15) is 0 Å². The highest BCUT2D eigenvalue weighted by molar-refractivity contribution is 5.21. The zero-order valence-electron chi connectivity index (χ0n) is 10.0. The van der Waals surface area contributed by atoms with Gasteiger partial charge in [-0.15, -0.1) is 0 Å². The molecule has 0 aromatic rings. The van der Waals surface area contributed by atoms with E-state index in [-0.39, 0.29) is 0 Å². The Bertz CT molecular complexity index is 223. The molecule has 0 aromatic heterocycles. The fraction of sp³-hybridized carbons (Fsp3) is 0.857. The second kappa shape index (κ2) is 3.72. The van der Waals surface area contributed by atoms with Crippen molar-refractivity contribution in [2.24, 2.45) is 11.3 Å². The summed E-state index contributed by atoms with van der Waals surface area (Å²) in [6, 6.07) is 0. The first-order valence-electron chi connectivity index (χ1n) is 6.27. The van der Waals surface area contributed by atoms with Gasteiger partial charge in [0.15, 0.2) is 0 Å². The molecule has 2 saturated carbocycles. The molecule has 0 amide bonds. The molecule has 2 rings (SSSR count). The summed E-state index contributed by atoms with van der Waals surface area (Å²) in [6.07, 6.45) is 10.0. The second-order valence-electron chi connectivity index (χ2n) is 6.20. The average molecular weight is 192 g/mol. The van der Waals surface area contributed by atoms with Crippen molar-refractivity contribution < 1.29 is 0 Å². The van der Waals surface area contributed by atoms with Gasteiger partial charge < -0.3 is 0 Å². The smallest absolute Gasteiger partial charge is 0.0315 e. The van der Waals surface area contributed by atoms with Gasteiger partial charge in [-0.1, -0.05) is 31.9 Å². The summed E-state index contributed by atoms with van der Waals surface area (Å²) < 4.78 is 0. The van der Waals surface area contributed by atoms with E-state index < -0.39 is 0 Å². The molecule has 0 N–H and O–H groups in total. The summed E-state index contributed by atoms with van der Waals surface area (Å²) in [6.45, 7) is 7.21. The first-order chi connectivity index (χ1) is 6.57. The van der Waals surface area contributed by atoms with Crippen molar-refractivity contribution in [3.63, 3.8) is 0 Å². The molecule has 0 radical (unpaired) electrons. The molecule has 0 unspecified atom stereocenters. The van der Waals surface area contributed by atoms with Crippen molar-refractivity contribution in [3.05, 3.63) is 11.1 Å².